The topological polar surface area (TPSA) is 325 Å². The Balaban J connectivity index is 0.000000187. The molecule has 8 aromatic carbocycles. The first kappa shape index (κ1) is 110. The molecule has 2 aliphatic heterocycles. The lowest BCUT2D eigenvalue weighted by Gasteiger charge is -2.35. The maximum atomic E-state index is 13.4. The van der Waals surface area contributed by atoms with E-state index >= 15 is 0 Å². The van der Waals surface area contributed by atoms with E-state index < -0.39 is 17.2 Å². The van der Waals surface area contributed by atoms with Gasteiger partial charge in [0.25, 0.3) is 17.7 Å². The van der Waals surface area contributed by atoms with Gasteiger partial charge in [-0.1, -0.05) is 191 Å². The van der Waals surface area contributed by atoms with Crippen molar-refractivity contribution in [2.45, 2.75) is 266 Å². The molecule has 4 aliphatic rings. The number of nitrogens with one attached hydrogen (secondary N) is 5. The molecule has 12 aromatic rings. The number of aromatic carboxylic acids is 1. The number of hydrogen-bond acceptors (Lipinski definition) is 15. The molecule has 2 saturated carbocycles. The summed E-state index contributed by atoms with van der Waals surface area (Å²) in [6.07, 6.45) is 12.2. The van der Waals surface area contributed by atoms with Crippen molar-refractivity contribution in [2.75, 3.05) is 28.2 Å². The second-order valence-corrected chi connectivity index (χ2v) is 40.5. The summed E-state index contributed by atoms with van der Waals surface area (Å²) < 4.78 is 11.6. The highest BCUT2D eigenvalue weighted by molar-refractivity contribution is 5.95. The molecule has 2 aliphatic carbocycles. The third-order valence-electron chi connectivity index (χ3n) is 26.9. The molecule has 3 radical (unpaired) electrons. The largest absolute Gasteiger partial charge is 0.478 e. The van der Waals surface area contributed by atoms with Crippen LogP contribution in [0.25, 0.3) is 0 Å². The highest BCUT2D eigenvalue weighted by atomic mass is 16.6. The highest BCUT2D eigenvalue weighted by Gasteiger charge is 2.44. The number of aliphatic hydroxyl groups is 2. The maximum Gasteiger partial charge on any atom is 0.410 e. The molecule has 6 heterocycles. The molecule has 26 heteroatoms. The van der Waals surface area contributed by atoms with Gasteiger partial charge < -0.3 is 54.6 Å². The number of ether oxygens (including phenoxy) is 2. The van der Waals surface area contributed by atoms with Crippen LogP contribution in [0.2, 0.25) is 0 Å². The van der Waals surface area contributed by atoms with E-state index in [1.54, 1.807) is 48.0 Å². The second kappa shape index (κ2) is 51.9. The number of aliphatic hydroxyl groups excluding tert-OH is 2. The van der Waals surface area contributed by atoms with Gasteiger partial charge in [-0.15, -0.1) is 0 Å². The Morgan fingerprint density at radius 3 is 0.943 bits per heavy atom. The molecule has 3 unspecified atom stereocenters. The predicted molar refractivity (Wildman–Crippen MR) is 557 cm³/mol. The monoisotopic (exact) mass is 1910 g/mol. The fraction of sp³-hybridized carbons (Fsp3) is 0.426. The molecule has 8 N–H and O–H groups in total. The van der Waals surface area contributed by atoms with Crippen molar-refractivity contribution in [2.24, 2.45) is 23.7 Å². The van der Waals surface area contributed by atoms with E-state index in [4.69, 9.17) is 14.6 Å². The molecule has 12 atom stereocenters. The minimum Gasteiger partial charge on any atom is -0.478 e. The number of benzene rings is 8. The number of likely N-dealkylation sites (tertiary alicyclic amines) is 2. The summed E-state index contributed by atoms with van der Waals surface area (Å²) in [6, 6.07) is 79.3. The normalized spacial score (nSPS) is 18.3. The summed E-state index contributed by atoms with van der Waals surface area (Å²) in [7, 11) is 7.30. The van der Waals surface area contributed by atoms with Crippen molar-refractivity contribution in [3.8, 4) is 0 Å². The number of amides is 5. The van der Waals surface area contributed by atoms with Gasteiger partial charge in [-0.05, 0) is 307 Å². The molecule has 4 fully saturated rings. The van der Waals surface area contributed by atoms with E-state index in [9.17, 15) is 39.0 Å². The van der Waals surface area contributed by atoms with Gasteiger partial charge in [0, 0.05) is 112 Å². The van der Waals surface area contributed by atoms with Gasteiger partial charge >= 0.3 is 18.2 Å². The van der Waals surface area contributed by atoms with Crippen molar-refractivity contribution in [3.63, 3.8) is 0 Å². The quantitative estimate of drug-likeness (QED) is 0.0211. The molecule has 5 amide bonds. The molecule has 747 valence electrons. The number of aromatic nitrogens is 8. The van der Waals surface area contributed by atoms with Gasteiger partial charge in [0.1, 0.15) is 11.2 Å². The molecule has 16 rings (SSSR count). The molecule has 0 bridgehead atoms. The Hall–Kier alpha value is -13.0. The first-order valence-electron chi connectivity index (χ1n) is 49.1. The lowest BCUT2D eigenvalue weighted by Crippen LogP contribution is -2.46. The van der Waals surface area contributed by atoms with E-state index in [0.717, 1.165) is 151 Å². The second-order valence-electron chi connectivity index (χ2n) is 40.5. The van der Waals surface area contributed by atoms with Crippen LogP contribution in [0.5, 0.6) is 0 Å². The van der Waals surface area contributed by atoms with E-state index in [-0.39, 0.29) is 99.5 Å². The summed E-state index contributed by atoms with van der Waals surface area (Å²) in [5.41, 5.74) is 17.9. The van der Waals surface area contributed by atoms with Crippen LogP contribution < -0.4 is 5.32 Å². The van der Waals surface area contributed by atoms with Crippen molar-refractivity contribution in [1.29, 1.82) is 0 Å². The number of nitrogens with zero attached hydrogens (tertiary/aromatic N) is 9. The van der Waals surface area contributed by atoms with Gasteiger partial charge in [-0.25, -0.2) is 14.4 Å². The maximum absolute atomic E-state index is 13.4. The lowest BCUT2D eigenvalue weighted by molar-refractivity contribution is 0.0116. The van der Waals surface area contributed by atoms with Crippen LogP contribution in [0.15, 0.2) is 243 Å². The minimum absolute atomic E-state index is 0. The van der Waals surface area contributed by atoms with E-state index in [0.29, 0.717) is 72.8 Å². The summed E-state index contributed by atoms with van der Waals surface area (Å²) >= 11 is 0. The van der Waals surface area contributed by atoms with E-state index in [2.05, 4.69) is 108 Å². The zero-order valence-electron chi connectivity index (χ0n) is 84.5. The van der Waals surface area contributed by atoms with Crippen LogP contribution in [0.1, 0.15) is 283 Å². The van der Waals surface area contributed by atoms with Crippen LogP contribution in [0.3, 0.4) is 0 Å². The molecular formula is C115H148BN14O11. The number of rotatable bonds is 28. The zero-order valence-corrected chi connectivity index (χ0v) is 84.5. The number of carbonyl (C=O) groups is 6. The van der Waals surface area contributed by atoms with Crippen LogP contribution in [0, 0.1) is 51.4 Å². The van der Waals surface area contributed by atoms with Crippen molar-refractivity contribution in [1.82, 2.24) is 70.6 Å². The molecular weight excluding hydrogens is 1760 g/mol. The fourth-order valence-electron chi connectivity index (χ4n) is 19.7. The highest BCUT2D eigenvalue weighted by Crippen LogP contribution is 2.44. The van der Waals surface area contributed by atoms with Crippen LogP contribution in [-0.4, -0.2) is 188 Å². The number of carboxylic acids is 1. The third-order valence-corrected chi connectivity index (χ3v) is 26.9. The standard InChI is InChI=1S/C31H40N4O3.2C26H31N3O2.C25H31NO4.C6H11N3.CH4.B/c1-21-18-26(33-32-21)20-34(6)29(36)25-14-12-23(13-15-25)19-27-16-17-28(22(2)24-10-8-7-9-11-24)35(27)30(37)38-31(3,4)5;2*1-18-14-24(28-27-18)17-29(2)26(31)22-11-8-19(9-12-22)15-20-10-13-23(16-20)25(30)21-6-4-3-5-7-21;1-17(19-8-6-5-7-9-19)22-15-14-21(26(22)24(29)30-25(2,3)4)16-18-10-12-20(13-11-18)23(27)28;1-5-3-6(4-7-2)9-8-5;;/h7-15,18,22,27-28H,16-17,19-20H2,1-6H3,(H,32,33);2*3-9,11-12,14,20,23,25,30H,10,13,15-17H2,1-2H3,(H,27,28);5-13,17,21-22H,14-16H2,1-4H3,(H,27,28);3,7H,4H2,1-2H3,(H,8,9);1H4;/t22-,27?,28-;20?,23-,25+;20-,23-,25+;17-,21?,22-;;;/m1001.../s1. The van der Waals surface area contributed by atoms with Crippen molar-refractivity contribution in [3.05, 3.63) is 355 Å². The first-order valence-corrected chi connectivity index (χ1v) is 49.1. The predicted octanol–water partition coefficient (Wildman–Crippen LogP) is 21.7. The van der Waals surface area contributed by atoms with Crippen LogP contribution >= 0.6 is 0 Å². The Morgan fingerprint density at radius 2 is 0.674 bits per heavy atom. The minimum atomic E-state index is -0.936. The third kappa shape index (κ3) is 32.2. The van der Waals surface area contributed by atoms with Gasteiger partial charge in [0.15, 0.2) is 0 Å². The summed E-state index contributed by atoms with van der Waals surface area (Å²) in [5.74, 6) is 1.21. The number of carbonyl (C=O) groups excluding carboxylic acids is 5. The smallest absolute Gasteiger partial charge is 0.410 e. The van der Waals surface area contributed by atoms with Gasteiger partial charge in [0.05, 0.1) is 60.2 Å². The Bertz CT molecular complexity index is 5700. The Kier molecular flexibility index (Phi) is 40.5. The number of aryl methyl sites for hydroxylation is 4. The molecule has 25 nitrogen and oxygen atoms in total. The Labute approximate surface area is 836 Å². The summed E-state index contributed by atoms with van der Waals surface area (Å²) in [6.45, 7) is 25.8. The number of hydrogen-bond donors (Lipinski definition) is 8. The molecule has 0 spiro atoms. The molecule has 2 saturated heterocycles. The lowest BCUT2D eigenvalue weighted by atomic mass is 9.91. The number of carboxylic acid groups (broad SMARTS) is 1. The van der Waals surface area contributed by atoms with Crippen LogP contribution in [0.4, 0.5) is 9.59 Å². The van der Waals surface area contributed by atoms with Gasteiger partial charge in [-0.3, -0.25) is 34.8 Å². The van der Waals surface area contributed by atoms with Gasteiger partial charge in [-0.2, -0.15) is 20.4 Å². The first-order chi connectivity index (χ1) is 66.5. The fourth-order valence-corrected chi connectivity index (χ4v) is 19.7. The SMILES string of the molecule is C.CNCc1cc(C)[nH]n1.C[C@H](c1ccccc1)[C@H]1CCC(Cc2ccc(C(=O)O)cc2)N1C(=O)OC(C)(C)C.Cc1cc(CN(C)C(=O)c2ccc(CC3CC[C@H]([C@H](C)c4ccccc4)N3C(=O)OC(C)(C)C)cc2)n[nH]1.Cc1cc(CN(C)C(=O)c2ccc(CC3CC[C@H]([C@H](O)c4ccccc4)C3)cc2)n[nH]1.Cc1cc(CN(C)C(=O)c2ccc(C[C@@H]3CC[C@H]([C@H](O)c4ccccc4)C3)cc2)n[nH]1.[B]. The summed E-state index contributed by atoms with van der Waals surface area (Å²) in [5, 5.41) is 61.8. The van der Waals surface area contributed by atoms with Crippen molar-refractivity contribution < 1.29 is 53.6 Å². The average molecular weight is 1910 g/mol. The van der Waals surface area contributed by atoms with E-state index in [1.807, 2.05) is 268 Å². The zero-order chi connectivity index (χ0) is 99.6. The number of H-pyrrole nitrogens is 4. The Morgan fingerprint density at radius 1 is 0.397 bits per heavy atom. The van der Waals surface area contributed by atoms with Crippen LogP contribution in [-0.2, 0) is 61.3 Å². The number of aromatic amines is 4. The molecule has 4 aromatic heterocycles. The molecule has 141 heavy (non-hydrogen) atoms. The van der Waals surface area contributed by atoms with Crippen molar-refractivity contribution >= 4 is 44.3 Å². The van der Waals surface area contributed by atoms with Gasteiger partial charge in [0.2, 0.25) is 0 Å². The summed E-state index contributed by atoms with van der Waals surface area (Å²) in [4.78, 5) is 85.1. The van der Waals surface area contributed by atoms with E-state index in [1.165, 1.54) is 22.3 Å². The average Bonchev–Trinajstić information content (AvgIpc) is 1.66.